The van der Waals surface area contributed by atoms with Crippen LogP contribution in [0.15, 0.2) is 25.3 Å². The van der Waals surface area contributed by atoms with Gasteiger partial charge < -0.3 is 18.7 Å². The zero-order valence-corrected chi connectivity index (χ0v) is 13.7. The molecular formula is C14H23O7P. The predicted octanol–water partition coefficient (Wildman–Crippen LogP) is 1.73. The summed E-state index contributed by atoms with van der Waals surface area (Å²) in [6.45, 7) is 9.37. The molecule has 0 aromatic heterocycles. The molecule has 0 amide bonds. The Morgan fingerprint density at radius 3 is 2.41 bits per heavy atom. The Labute approximate surface area is 131 Å². The number of hydrogen-bond donors (Lipinski definition) is 0. The van der Waals surface area contributed by atoms with Crippen LogP contribution in [-0.2, 0) is 32.9 Å². The minimum absolute atomic E-state index is 0.0206. The van der Waals surface area contributed by atoms with E-state index in [4.69, 9.17) is 18.7 Å². The van der Waals surface area contributed by atoms with Gasteiger partial charge in [-0.1, -0.05) is 25.3 Å². The van der Waals surface area contributed by atoms with Crippen LogP contribution < -0.4 is 0 Å². The van der Waals surface area contributed by atoms with Crippen LogP contribution in [0.3, 0.4) is 0 Å². The SMILES string of the molecule is C=CCOC(=O)CC(O[PH](=O)CCOCC)C(=O)OCC=C. The normalized spacial score (nSPS) is 13.0. The van der Waals surface area contributed by atoms with E-state index in [-0.39, 0.29) is 32.4 Å². The van der Waals surface area contributed by atoms with Crippen molar-refractivity contribution in [1.29, 1.82) is 0 Å². The molecule has 0 heterocycles. The maximum Gasteiger partial charge on any atom is 0.336 e. The van der Waals surface area contributed by atoms with Gasteiger partial charge in [-0.3, -0.25) is 9.36 Å². The van der Waals surface area contributed by atoms with Gasteiger partial charge in [-0.05, 0) is 6.92 Å². The molecule has 126 valence electrons. The average Bonchev–Trinajstić information content (AvgIpc) is 2.50. The third-order valence-electron chi connectivity index (χ3n) is 2.25. The van der Waals surface area contributed by atoms with Crippen LogP contribution in [0.25, 0.3) is 0 Å². The van der Waals surface area contributed by atoms with Gasteiger partial charge in [0.25, 0.3) is 0 Å². The number of hydrogen-bond acceptors (Lipinski definition) is 7. The molecular weight excluding hydrogens is 311 g/mol. The van der Waals surface area contributed by atoms with Crippen molar-refractivity contribution in [2.45, 2.75) is 19.4 Å². The first kappa shape index (κ1) is 20.6. The maximum atomic E-state index is 11.8. The van der Waals surface area contributed by atoms with E-state index in [1.807, 2.05) is 6.92 Å². The highest BCUT2D eigenvalue weighted by Crippen LogP contribution is 2.26. The summed E-state index contributed by atoms with van der Waals surface area (Å²) in [6, 6.07) is 0. The molecule has 0 N–H and O–H groups in total. The van der Waals surface area contributed by atoms with E-state index in [0.717, 1.165) is 0 Å². The third-order valence-corrected chi connectivity index (χ3v) is 3.41. The second-order valence-electron chi connectivity index (χ2n) is 4.02. The fourth-order valence-corrected chi connectivity index (χ4v) is 2.21. The Hall–Kier alpha value is -1.43. The summed E-state index contributed by atoms with van der Waals surface area (Å²) < 4.78 is 31.6. The van der Waals surface area contributed by atoms with Gasteiger partial charge in [0.15, 0.2) is 14.1 Å². The molecule has 0 fully saturated rings. The van der Waals surface area contributed by atoms with Gasteiger partial charge in [0.05, 0.1) is 13.0 Å². The molecule has 0 spiro atoms. The van der Waals surface area contributed by atoms with Gasteiger partial charge in [0.2, 0.25) is 0 Å². The lowest BCUT2D eigenvalue weighted by Crippen LogP contribution is -2.28. The highest BCUT2D eigenvalue weighted by Gasteiger charge is 2.27. The van der Waals surface area contributed by atoms with Gasteiger partial charge in [0.1, 0.15) is 13.2 Å². The lowest BCUT2D eigenvalue weighted by molar-refractivity contribution is -0.157. The van der Waals surface area contributed by atoms with Crippen LogP contribution in [0.1, 0.15) is 13.3 Å². The van der Waals surface area contributed by atoms with Crippen molar-refractivity contribution in [2.24, 2.45) is 0 Å². The van der Waals surface area contributed by atoms with E-state index < -0.39 is 26.1 Å². The summed E-state index contributed by atoms with van der Waals surface area (Å²) >= 11 is 0. The van der Waals surface area contributed by atoms with E-state index in [9.17, 15) is 14.2 Å². The molecule has 22 heavy (non-hydrogen) atoms. The van der Waals surface area contributed by atoms with Gasteiger partial charge in [-0.25, -0.2) is 4.79 Å². The lowest BCUT2D eigenvalue weighted by Gasteiger charge is -2.15. The Morgan fingerprint density at radius 2 is 1.82 bits per heavy atom. The lowest BCUT2D eigenvalue weighted by atomic mass is 10.2. The van der Waals surface area contributed by atoms with E-state index >= 15 is 0 Å². The van der Waals surface area contributed by atoms with Gasteiger partial charge in [-0.2, -0.15) is 0 Å². The smallest absolute Gasteiger partial charge is 0.336 e. The first-order valence-electron chi connectivity index (χ1n) is 6.86. The standard InChI is InChI=1S/C14H23O7P/c1-4-7-19-13(15)11-12(14(16)20-8-5-2)21-22(17)10-9-18-6-3/h4-5,12,22H,1-2,6-11H2,3H3. The molecule has 2 unspecified atom stereocenters. The van der Waals surface area contributed by atoms with Crippen molar-refractivity contribution < 1.29 is 32.9 Å². The average molecular weight is 334 g/mol. The van der Waals surface area contributed by atoms with Crippen molar-refractivity contribution >= 4 is 20.0 Å². The van der Waals surface area contributed by atoms with E-state index in [0.29, 0.717) is 6.61 Å². The van der Waals surface area contributed by atoms with Gasteiger partial charge in [0, 0.05) is 12.8 Å². The minimum atomic E-state index is -2.52. The topological polar surface area (TPSA) is 88.1 Å². The largest absolute Gasteiger partial charge is 0.461 e. The molecule has 0 aromatic rings. The van der Waals surface area contributed by atoms with Crippen LogP contribution in [0.2, 0.25) is 0 Å². The number of esters is 2. The van der Waals surface area contributed by atoms with Crippen molar-refractivity contribution in [3.63, 3.8) is 0 Å². The Bertz CT molecular complexity index is 395. The second-order valence-corrected chi connectivity index (χ2v) is 5.50. The van der Waals surface area contributed by atoms with Crippen molar-refractivity contribution in [3.8, 4) is 0 Å². The fourth-order valence-electron chi connectivity index (χ4n) is 1.29. The van der Waals surface area contributed by atoms with Crippen LogP contribution in [0.5, 0.6) is 0 Å². The summed E-state index contributed by atoms with van der Waals surface area (Å²) in [7, 11) is -2.52. The van der Waals surface area contributed by atoms with Gasteiger partial charge in [-0.15, -0.1) is 0 Å². The highest BCUT2D eigenvalue weighted by molar-refractivity contribution is 7.39. The van der Waals surface area contributed by atoms with Crippen molar-refractivity contribution in [3.05, 3.63) is 25.3 Å². The molecule has 0 saturated carbocycles. The molecule has 0 aliphatic heterocycles. The van der Waals surface area contributed by atoms with Crippen molar-refractivity contribution in [2.75, 3.05) is 32.6 Å². The fraction of sp³-hybridized carbons (Fsp3) is 0.571. The predicted molar refractivity (Wildman–Crippen MR) is 82.2 cm³/mol. The number of rotatable bonds is 13. The van der Waals surface area contributed by atoms with Crippen LogP contribution >= 0.6 is 8.03 Å². The maximum absolute atomic E-state index is 11.8. The quantitative estimate of drug-likeness (QED) is 0.219. The molecule has 0 aromatic carbocycles. The first-order valence-corrected chi connectivity index (χ1v) is 8.38. The number of carbonyl (C=O) groups is 2. The summed E-state index contributed by atoms with van der Waals surface area (Å²) in [5.74, 6) is -1.45. The summed E-state index contributed by atoms with van der Waals surface area (Å²) in [5.41, 5.74) is 0. The molecule has 0 aliphatic rings. The molecule has 7 nitrogen and oxygen atoms in total. The van der Waals surface area contributed by atoms with Crippen LogP contribution in [0, 0.1) is 0 Å². The molecule has 0 radical (unpaired) electrons. The Morgan fingerprint density at radius 1 is 1.18 bits per heavy atom. The summed E-state index contributed by atoms with van der Waals surface area (Å²) in [6.07, 6.45) is 1.28. The van der Waals surface area contributed by atoms with Gasteiger partial charge >= 0.3 is 11.9 Å². The Kier molecular flexibility index (Phi) is 12.4. The van der Waals surface area contributed by atoms with E-state index in [1.54, 1.807) is 0 Å². The highest BCUT2D eigenvalue weighted by atomic mass is 31.1. The zero-order valence-electron chi connectivity index (χ0n) is 12.7. The monoisotopic (exact) mass is 334 g/mol. The molecule has 0 saturated heterocycles. The number of carbonyl (C=O) groups excluding carboxylic acids is 2. The Balaban J connectivity index is 4.52. The van der Waals surface area contributed by atoms with E-state index in [2.05, 4.69) is 13.2 Å². The van der Waals surface area contributed by atoms with Crippen LogP contribution in [0.4, 0.5) is 0 Å². The molecule has 0 bridgehead atoms. The molecule has 8 heteroatoms. The van der Waals surface area contributed by atoms with E-state index in [1.165, 1.54) is 12.2 Å². The van der Waals surface area contributed by atoms with Crippen LogP contribution in [-0.4, -0.2) is 50.6 Å². The molecule has 0 rings (SSSR count). The molecule has 0 aliphatic carbocycles. The van der Waals surface area contributed by atoms with Crippen molar-refractivity contribution in [1.82, 2.24) is 0 Å². The third kappa shape index (κ3) is 10.3. The summed E-state index contributed by atoms with van der Waals surface area (Å²) in [4.78, 5) is 23.3. The second kappa shape index (κ2) is 13.2. The number of ether oxygens (including phenoxy) is 3. The molecule has 2 atom stereocenters. The minimum Gasteiger partial charge on any atom is -0.461 e. The zero-order chi connectivity index (χ0) is 16.8. The first-order chi connectivity index (χ1) is 10.5. The summed E-state index contributed by atoms with van der Waals surface area (Å²) in [5, 5.41) is 0.